The molecule has 0 radical (unpaired) electrons. The first-order chi connectivity index (χ1) is 11.1. The van der Waals surface area contributed by atoms with E-state index in [-0.39, 0.29) is 5.41 Å². The molecule has 1 aromatic carbocycles. The van der Waals surface area contributed by atoms with Gasteiger partial charge in [-0.15, -0.1) is 0 Å². The number of hydrogen-bond acceptors (Lipinski definition) is 0. The highest BCUT2D eigenvalue weighted by Gasteiger charge is 2.21. The molecule has 0 heterocycles. The van der Waals surface area contributed by atoms with E-state index in [4.69, 9.17) is 0 Å². The van der Waals surface area contributed by atoms with E-state index < -0.39 is 0 Å². The fraction of sp³-hybridized carbons (Fsp3) is 0.391. The molecule has 0 aliphatic heterocycles. The molecule has 0 spiro atoms. The second kappa shape index (κ2) is 8.15. The molecule has 0 saturated carbocycles. The van der Waals surface area contributed by atoms with Gasteiger partial charge in [0.2, 0.25) is 0 Å². The van der Waals surface area contributed by atoms with Crippen LogP contribution in [0, 0.1) is 0 Å². The average Bonchev–Trinajstić information content (AvgIpc) is 3.31. The summed E-state index contributed by atoms with van der Waals surface area (Å²) < 4.78 is 0. The standard InChI is InChI=1S/C23H30/c1-5-19-13-10-8-9-11-15-22(23(4,6-2)7-3)16-12-14-20-18-21(20)17-19/h8-17H,5-7,18H2,1-4H3. The van der Waals surface area contributed by atoms with Crippen molar-refractivity contribution in [2.75, 3.05) is 0 Å². The van der Waals surface area contributed by atoms with Crippen LogP contribution in [0.4, 0.5) is 0 Å². The Morgan fingerprint density at radius 1 is 0.783 bits per heavy atom. The van der Waals surface area contributed by atoms with E-state index in [0.29, 0.717) is 0 Å². The minimum Gasteiger partial charge on any atom is -0.0645 e. The number of hydrogen-bond donors (Lipinski definition) is 0. The monoisotopic (exact) mass is 306 g/mol. The van der Waals surface area contributed by atoms with E-state index in [9.17, 15) is 0 Å². The Morgan fingerprint density at radius 2 is 1.43 bits per heavy atom. The van der Waals surface area contributed by atoms with Gasteiger partial charge in [0.15, 0.2) is 0 Å². The minimum atomic E-state index is 0.248. The van der Waals surface area contributed by atoms with Crippen LogP contribution < -0.4 is 0 Å². The minimum absolute atomic E-state index is 0.248. The summed E-state index contributed by atoms with van der Waals surface area (Å²) in [4.78, 5) is 0. The Kier molecular flexibility index (Phi) is 6.21. The van der Waals surface area contributed by atoms with Gasteiger partial charge < -0.3 is 0 Å². The Balaban J connectivity index is 2.54. The number of aryl methyl sites for hydroxylation is 1. The van der Waals surface area contributed by atoms with Crippen LogP contribution in [0.2, 0.25) is 0 Å². The van der Waals surface area contributed by atoms with Gasteiger partial charge in [-0.25, -0.2) is 0 Å². The molecule has 1 aromatic rings. The lowest BCUT2D eigenvalue weighted by Crippen LogP contribution is -2.18. The van der Waals surface area contributed by atoms with Crippen LogP contribution in [0.3, 0.4) is 0 Å². The molecule has 0 saturated heterocycles. The van der Waals surface area contributed by atoms with Crippen molar-refractivity contribution in [2.45, 2.75) is 58.8 Å². The molecule has 1 aliphatic rings. The van der Waals surface area contributed by atoms with E-state index in [1.54, 1.807) is 0 Å². The molecule has 0 nitrogen and oxygen atoms in total. The average molecular weight is 306 g/mol. The normalized spacial score (nSPS) is 11.8. The van der Waals surface area contributed by atoms with Crippen molar-refractivity contribution < 1.29 is 0 Å². The quantitative estimate of drug-likeness (QED) is 0.606. The molecule has 2 rings (SSSR count). The lowest BCUT2D eigenvalue weighted by Gasteiger charge is -2.26. The molecular weight excluding hydrogens is 276 g/mol. The van der Waals surface area contributed by atoms with Crippen molar-refractivity contribution in [3.63, 3.8) is 0 Å². The molecule has 122 valence electrons. The lowest BCUT2D eigenvalue weighted by molar-refractivity contribution is 0.439. The summed E-state index contributed by atoms with van der Waals surface area (Å²) in [5.74, 6) is 0. The van der Waals surface area contributed by atoms with E-state index >= 15 is 0 Å². The van der Waals surface area contributed by atoms with Crippen LogP contribution in [0.1, 0.15) is 62.8 Å². The molecule has 0 bridgehead atoms. The smallest absolute Gasteiger partial charge is 0.00200 e. The second-order valence-corrected chi connectivity index (χ2v) is 6.65. The highest BCUT2D eigenvalue weighted by Crippen LogP contribution is 2.30. The van der Waals surface area contributed by atoms with Gasteiger partial charge in [0.1, 0.15) is 0 Å². The molecule has 0 aromatic heterocycles. The molecule has 0 atom stereocenters. The first-order valence-corrected chi connectivity index (χ1v) is 8.95. The highest BCUT2D eigenvalue weighted by atomic mass is 14.3. The zero-order valence-corrected chi connectivity index (χ0v) is 15.1. The predicted octanol–water partition coefficient (Wildman–Crippen LogP) is 6.48. The van der Waals surface area contributed by atoms with Gasteiger partial charge in [-0.1, -0.05) is 88.4 Å². The molecule has 1 aliphatic carbocycles. The summed E-state index contributed by atoms with van der Waals surface area (Å²) in [5.41, 5.74) is 6.03. The lowest BCUT2D eigenvalue weighted by atomic mass is 9.78. The van der Waals surface area contributed by atoms with Crippen molar-refractivity contribution in [3.8, 4) is 0 Å². The largest absolute Gasteiger partial charge is 0.0645 e. The maximum Gasteiger partial charge on any atom is -0.00200 e. The molecule has 23 heavy (non-hydrogen) atoms. The van der Waals surface area contributed by atoms with Crippen LogP contribution in [-0.4, -0.2) is 0 Å². The predicted molar refractivity (Wildman–Crippen MR) is 102 cm³/mol. The molecule has 0 heteroatoms. The zero-order chi connectivity index (χ0) is 16.7. The fourth-order valence-electron chi connectivity index (χ4n) is 2.81. The van der Waals surface area contributed by atoms with Crippen molar-refractivity contribution in [1.29, 1.82) is 0 Å². The summed E-state index contributed by atoms with van der Waals surface area (Å²) in [6.45, 7) is 9.14. The SMILES string of the molecule is CCc1ccccccc(C(C)(CC)CC)cccc2c(c1)C2. The number of fused-ring (bicyclic) bond motifs is 1. The van der Waals surface area contributed by atoms with Gasteiger partial charge in [0, 0.05) is 0 Å². The topological polar surface area (TPSA) is 0 Å². The van der Waals surface area contributed by atoms with Crippen molar-refractivity contribution in [3.05, 3.63) is 82.9 Å². The van der Waals surface area contributed by atoms with Crippen LogP contribution in [-0.2, 0) is 18.3 Å². The van der Waals surface area contributed by atoms with Gasteiger partial charge in [-0.2, -0.15) is 0 Å². The first-order valence-electron chi connectivity index (χ1n) is 8.95. The summed E-state index contributed by atoms with van der Waals surface area (Å²) in [6, 6.07) is 22.2. The second-order valence-electron chi connectivity index (χ2n) is 6.65. The summed E-state index contributed by atoms with van der Waals surface area (Å²) in [5, 5.41) is 0. The van der Waals surface area contributed by atoms with Crippen LogP contribution in [0.5, 0.6) is 0 Å². The van der Waals surface area contributed by atoms with Gasteiger partial charge >= 0.3 is 0 Å². The maximum absolute atomic E-state index is 2.36. The Labute approximate surface area is 142 Å². The first kappa shape index (κ1) is 17.5. The Morgan fingerprint density at radius 3 is 2.09 bits per heavy atom. The van der Waals surface area contributed by atoms with E-state index in [0.717, 1.165) is 25.7 Å². The molecular formula is C23H30. The summed E-state index contributed by atoms with van der Waals surface area (Å²) in [6.07, 6.45) is 4.54. The molecule has 0 fully saturated rings. The third-order valence-corrected chi connectivity index (χ3v) is 5.19. The molecule has 0 N–H and O–H groups in total. The van der Waals surface area contributed by atoms with Crippen molar-refractivity contribution in [1.82, 2.24) is 0 Å². The summed E-state index contributed by atoms with van der Waals surface area (Å²) in [7, 11) is 0. The van der Waals surface area contributed by atoms with E-state index in [1.807, 2.05) is 0 Å². The fourth-order valence-corrected chi connectivity index (χ4v) is 2.81. The Hall–Kier alpha value is -1.82. The van der Waals surface area contributed by atoms with Crippen molar-refractivity contribution in [2.24, 2.45) is 0 Å². The molecule has 0 unspecified atom stereocenters. The van der Waals surface area contributed by atoms with Crippen LogP contribution in [0.25, 0.3) is 0 Å². The molecule has 0 amide bonds. The van der Waals surface area contributed by atoms with Gasteiger partial charge in [0.05, 0.1) is 0 Å². The van der Waals surface area contributed by atoms with Gasteiger partial charge in [0.25, 0.3) is 0 Å². The zero-order valence-electron chi connectivity index (χ0n) is 15.1. The third kappa shape index (κ3) is 4.82. The summed E-state index contributed by atoms with van der Waals surface area (Å²) >= 11 is 0. The number of rotatable bonds is 4. The van der Waals surface area contributed by atoms with Gasteiger partial charge in [-0.3, -0.25) is 0 Å². The Bertz CT molecular complexity index is 648. The maximum atomic E-state index is 2.36. The van der Waals surface area contributed by atoms with Gasteiger partial charge in [-0.05, 0) is 53.4 Å². The highest BCUT2D eigenvalue weighted by molar-refractivity contribution is 5.44. The van der Waals surface area contributed by atoms with E-state index in [1.165, 1.54) is 22.3 Å². The van der Waals surface area contributed by atoms with Crippen molar-refractivity contribution >= 4 is 0 Å². The van der Waals surface area contributed by atoms with Crippen LogP contribution >= 0.6 is 0 Å². The van der Waals surface area contributed by atoms with E-state index in [2.05, 4.69) is 88.4 Å². The van der Waals surface area contributed by atoms with Crippen LogP contribution in [0.15, 0.2) is 60.7 Å². The third-order valence-electron chi connectivity index (χ3n) is 5.19.